The van der Waals surface area contributed by atoms with E-state index in [2.05, 4.69) is 10.3 Å². The van der Waals surface area contributed by atoms with Crippen LogP contribution in [0.4, 0.5) is 10.6 Å². The molecule has 1 aliphatic rings. The van der Waals surface area contributed by atoms with Crippen molar-refractivity contribution in [1.82, 2.24) is 19.8 Å². The number of rotatable bonds is 8. The summed E-state index contributed by atoms with van der Waals surface area (Å²) in [6.07, 6.45) is 2.93. The summed E-state index contributed by atoms with van der Waals surface area (Å²) in [4.78, 5) is 52.0. The van der Waals surface area contributed by atoms with Crippen LogP contribution in [0.1, 0.15) is 83.8 Å². The number of likely N-dealkylation sites (tertiary alicyclic amines) is 1. The molecule has 11 nitrogen and oxygen atoms in total. The number of hydrogen-bond acceptors (Lipinski definition) is 8. The van der Waals surface area contributed by atoms with Crippen molar-refractivity contribution in [3.63, 3.8) is 0 Å². The molecule has 1 aliphatic heterocycles. The maximum atomic E-state index is 14.2. The second-order valence-corrected chi connectivity index (χ2v) is 12.9. The first-order valence-electron chi connectivity index (χ1n) is 13.8. The van der Waals surface area contributed by atoms with Crippen LogP contribution < -0.4 is 11.1 Å². The summed E-state index contributed by atoms with van der Waals surface area (Å²) >= 11 is 0. The third-order valence-corrected chi connectivity index (χ3v) is 6.45. The topological polar surface area (TPSA) is 144 Å². The Morgan fingerprint density at radius 3 is 2.45 bits per heavy atom. The molecular formula is C29H44N6O5. The van der Waals surface area contributed by atoms with E-state index in [1.54, 1.807) is 44.2 Å². The first-order chi connectivity index (χ1) is 18.5. The van der Waals surface area contributed by atoms with Crippen molar-refractivity contribution >= 4 is 23.7 Å². The molecular weight excluding hydrogens is 512 g/mol. The summed E-state index contributed by atoms with van der Waals surface area (Å²) in [5.41, 5.74) is 4.96. The van der Waals surface area contributed by atoms with Crippen LogP contribution in [0.3, 0.4) is 0 Å². The van der Waals surface area contributed by atoms with E-state index in [1.165, 1.54) is 4.90 Å². The quantitative estimate of drug-likeness (QED) is 0.493. The lowest BCUT2D eigenvalue weighted by atomic mass is 9.91. The Morgan fingerprint density at radius 1 is 1.20 bits per heavy atom. The second-order valence-electron chi connectivity index (χ2n) is 12.9. The van der Waals surface area contributed by atoms with Crippen molar-refractivity contribution in [3.05, 3.63) is 41.7 Å². The van der Waals surface area contributed by atoms with Gasteiger partial charge in [-0.2, -0.15) is 0 Å². The Bertz CT molecular complexity index is 1180. The molecule has 0 aliphatic carbocycles. The zero-order valence-corrected chi connectivity index (χ0v) is 25.0. The summed E-state index contributed by atoms with van der Waals surface area (Å²) in [6.45, 7) is 16.5. The van der Waals surface area contributed by atoms with Crippen molar-refractivity contribution in [2.24, 2.45) is 17.6 Å². The maximum Gasteiger partial charge on any atom is 0.410 e. The number of primary amides is 1. The molecule has 1 saturated heterocycles. The first kappa shape index (κ1) is 30.9. The molecule has 0 unspecified atom stereocenters. The third kappa shape index (κ3) is 8.19. The lowest BCUT2D eigenvalue weighted by molar-refractivity contribution is -0.124. The molecule has 0 bridgehead atoms. The van der Waals surface area contributed by atoms with Gasteiger partial charge < -0.3 is 30.0 Å². The normalized spacial score (nSPS) is 18.0. The highest BCUT2D eigenvalue weighted by atomic mass is 16.6. The van der Waals surface area contributed by atoms with Crippen LogP contribution in [0.5, 0.6) is 0 Å². The number of carbonyl (C=O) groups excluding carboxylic acids is 3. The summed E-state index contributed by atoms with van der Waals surface area (Å²) in [5.74, 6) is 0.347. The highest BCUT2D eigenvalue weighted by Gasteiger charge is 2.39. The summed E-state index contributed by atoms with van der Waals surface area (Å²) in [6, 6.07) is 3.17. The fourth-order valence-electron chi connectivity index (χ4n) is 4.54. The maximum absolute atomic E-state index is 14.2. The minimum Gasteiger partial charge on any atom is -0.467 e. The van der Waals surface area contributed by atoms with Crippen LogP contribution in [0, 0.1) is 11.8 Å². The summed E-state index contributed by atoms with van der Waals surface area (Å²) < 4.78 is 11.0. The molecule has 11 heteroatoms. The van der Waals surface area contributed by atoms with Crippen molar-refractivity contribution in [1.29, 1.82) is 0 Å². The van der Waals surface area contributed by atoms with Gasteiger partial charge in [0.05, 0.1) is 24.8 Å². The number of amides is 3. The van der Waals surface area contributed by atoms with Gasteiger partial charge in [-0.05, 0) is 45.2 Å². The molecule has 2 aromatic rings. The molecule has 0 radical (unpaired) electrons. The van der Waals surface area contributed by atoms with Crippen molar-refractivity contribution in [2.45, 2.75) is 85.4 Å². The predicted molar refractivity (Wildman–Crippen MR) is 152 cm³/mol. The van der Waals surface area contributed by atoms with Gasteiger partial charge in [0.25, 0.3) is 5.91 Å². The van der Waals surface area contributed by atoms with Gasteiger partial charge in [0.15, 0.2) is 0 Å². The lowest BCUT2D eigenvalue weighted by Crippen LogP contribution is -2.57. The molecule has 40 heavy (non-hydrogen) atoms. The number of nitrogens with zero attached hydrogens (tertiary/aromatic N) is 4. The lowest BCUT2D eigenvalue weighted by Gasteiger charge is -2.42. The summed E-state index contributed by atoms with van der Waals surface area (Å²) in [5, 5.41) is 3.25. The zero-order valence-electron chi connectivity index (χ0n) is 25.0. The SMILES string of the molecule is CC(C)CN(C(=O)c1cnc(C(C)(C)C)nc1NCc1ccco1)[C@@H]1C[C@H](C(N)=O)CN(C(=O)OC(C)(C)C)C1. The average molecular weight is 557 g/mol. The van der Waals surface area contributed by atoms with Crippen LogP contribution in [-0.2, 0) is 21.5 Å². The highest BCUT2D eigenvalue weighted by molar-refractivity contribution is 5.98. The zero-order chi connectivity index (χ0) is 29.8. The van der Waals surface area contributed by atoms with Crippen LogP contribution in [0.15, 0.2) is 29.0 Å². The van der Waals surface area contributed by atoms with E-state index in [-0.39, 0.29) is 30.3 Å². The van der Waals surface area contributed by atoms with Crippen molar-refractivity contribution in [3.8, 4) is 0 Å². The standard InChI is InChI=1S/C29H44N6O5/c1-18(2)15-35(20-12-19(23(30)36)16-34(17-20)27(38)40-29(6,7)8)25(37)22-14-32-26(28(3,4)5)33-24(22)31-13-21-10-9-11-39-21/h9-11,14,18-20H,12-13,15-17H2,1-8H3,(H2,30,36)(H,31,32,33)/t19-,20+/m0/s1. The largest absolute Gasteiger partial charge is 0.467 e. The van der Waals surface area contributed by atoms with Gasteiger partial charge in [-0.3, -0.25) is 9.59 Å². The Balaban J connectivity index is 1.99. The average Bonchev–Trinajstić information content (AvgIpc) is 3.37. The molecule has 3 heterocycles. The second kappa shape index (κ2) is 12.3. The molecule has 3 amide bonds. The van der Waals surface area contributed by atoms with Gasteiger partial charge in [-0.25, -0.2) is 14.8 Å². The number of piperidine rings is 1. The summed E-state index contributed by atoms with van der Waals surface area (Å²) in [7, 11) is 0. The van der Waals surface area contributed by atoms with E-state index in [4.69, 9.17) is 19.9 Å². The van der Waals surface area contributed by atoms with Gasteiger partial charge in [0.1, 0.15) is 28.6 Å². The number of nitrogens with one attached hydrogen (secondary N) is 1. The Labute approximate surface area is 236 Å². The van der Waals surface area contributed by atoms with Crippen molar-refractivity contribution < 1.29 is 23.5 Å². The van der Waals surface area contributed by atoms with E-state index < -0.39 is 29.6 Å². The van der Waals surface area contributed by atoms with E-state index in [9.17, 15) is 14.4 Å². The fraction of sp³-hybridized carbons (Fsp3) is 0.621. The minimum absolute atomic E-state index is 0.113. The number of hydrogen-bond donors (Lipinski definition) is 2. The molecule has 220 valence electrons. The minimum atomic E-state index is -0.708. The van der Waals surface area contributed by atoms with E-state index in [0.29, 0.717) is 42.5 Å². The van der Waals surface area contributed by atoms with Crippen LogP contribution >= 0.6 is 0 Å². The van der Waals surface area contributed by atoms with E-state index >= 15 is 0 Å². The smallest absolute Gasteiger partial charge is 0.410 e. The Kier molecular flexibility index (Phi) is 9.48. The van der Waals surface area contributed by atoms with Gasteiger partial charge >= 0.3 is 6.09 Å². The number of anilines is 1. The monoisotopic (exact) mass is 556 g/mol. The molecule has 0 saturated carbocycles. The number of aromatic nitrogens is 2. The Morgan fingerprint density at radius 2 is 1.90 bits per heavy atom. The van der Waals surface area contributed by atoms with Crippen LogP contribution in [-0.4, -0.2) is 69.0 Å². The molecule has 3 rings (SSSR count). The molecule has 2 aromatic heterocycles. The van der Waals surface area contributed by atoms with E-state index in [1.807, 2.05) is 40.7 Å². The van der Waals surface area contributed by atoms with Gasteiger partial charge in [0.2, 0.25) is 5.91 Å². The molecule has 0 aromatic carbocycles. The number of carbonyl (C=O) groups is 3. The Hall–Kier alpha value is -3.63. The van der Waals surface area contributed by atoms with Crippen molar-refractivity contribution in [2.75, 3.05) is 25.0 Å². The number of furan rings is 1. The van der Waals surface area contributed by atoms with E-state index in [0.717, 1.165) is 0 Å². The van der Waals surface area contributed by atoms with Crippen LogP contribution in [0.25, 0.3) is 0 Å². The highest BCUT2D eigenvalue weighted by Crippen LogP contribution is 2.28. The van der Waals surface area contributed by atoms with Gasteiger partial charge in [-0.15, -0.1) is 0 Å². The van der Waals surface area contributed by atoms with Gasteiger partial charge in [-0.1, -0.05) is 34.6 Å². The molecule has 0 spiro atoms. The predicted octanol–water partition coefficient (Wildman–Crippen LogP) is 4.19. The first-order valence-corrected chi connectivity index (χ1v) is 13.8. The third-order valence-electron chi connectivity index (χ3n) is 6.45. The molecule has 3 N–H and O–H groups in total. The van der Waals surface area contributed by atoms with Crippen LogP contribution in [0.2, 0.25) is 0 Å². The molecule has 2 atom stereocenters. The number of ether oxygens (including phenoxy) is 1. The van der Waals surface area contributed by atoms with Gasteiger partial charge in [0, 0.05) is 31.2 Å². The fourth-order valence-corrected chi connectivity index (χ4v) is 4.54. The molecule has 1 fully saturated rings. The number of nitrogens with two attached hydrogens (primary N) is 1.